The highest BCUT2D eigenvalue weighted by molar-refractivity contribution is 5.44. The number of nitrogens with one attached hydrogen (secondary N) is 1. The second kappa shape index (κ2) is 7.65. The molecule has 0 saturated carbocycles. The van der Waals surface area contributed by atoms with Crippen molar-refractivity contribution in [1.29, 1.82) is 0 Å². The van der Waals surface area contributed by atoms with Crippen molar-refractivity contribution in [3.8, 4) is 11.5 Å². The summed E-state index contributed by atoms with van der Waals surface area (Å²) >= 11 is 0. The second-order valence-electron chi connectivity index (χ2n) is 5.68. The molecular weight excluding hydrogens is 318 g/mol. The van der Waals surface area contributed by atoms with Crippen LogP contribution in [0.5, 0.6) is 11.5 Å². The van der Waals surface area contributed by atoms with Crippen LogP contribution in [0.1, 0.15) is 16.7 Å². The maximum atomic E-state index is 5.94. The van der Waals surface area contributed by atoms with E-state index in [2.05, 4.69) is 39.9 Å². The smallest absolute Gasteiger partial charge is 0.242 e. The lowest BCUT2D eigenvalue weighted by atomic mass is 10.1. The normalized spacial score (nSPS) is 10.5. The Morgan fingerprint density at radius 3 is 2.68 bits per heavy atom. The third kappa shape index (κ3) is 4.06. The number of rotatable bonds is 7. The van der Waals surface area contributed by atoms with Crippen LogP contribution in [-0.4, -0.2) is 27.3 Å². The van der Waals surface area contributed by atoms with E-state index in [1.54, 1.807) is 18.8 Å². The van der Waals surface area contributed by atoms with Gasteiger partial charge in [-0.1, -0.05) is 35.4 Å². The van der Waals surface area contributed by atoms with Crippen molar-refractivity contribution < 1.29 is 9.47 Å². The molecule has 25 heavy (non-hydrogen) atoms. The van der Waals surface area contributed by atoms with Gasteiger partial charge in [-0.15, -0.1) is 0 Å². The summed E-state index contributed by atoms with van der Waals surface area (Å²) in [6.45, 7) is 3.17. The van der Waals surface area contributed by atoms with Crippen LogP contribution < -0.4 is 14.8 Å². The zero-order valence-corrected chi connectivity index (χ0v) is 14.6. The molecule has 0 aliphatic heterocycles. The predicted octanol–water partition coefficient (Wildman–Crippen LogP) is 2.72. The van der Waals surface area contributed by atoms with Crippen molar-refractivity contribution in [2.45, 2.75) is 20.1 Å². The van der Waals surface area contributed by atoms with Crippen molar-refractivity contribution in [1.82, 2.24) is 20.2 Å². The summed E-state index contributed by atoms with van der Waals surface area (Å²) in [6, 6.07) is 14.0. The summed E-state index contributed by atoms with van der Waals surface area (Å²) in [6.07, 6.45) is 0. The monoisotopic (exact) mass is 339 g/mol. The van der Waals surface area contributed by atoms with Gasteiger partial charge in [-0.05, 0) is 46.2 Å². The molecule has 3 aromatic rings. The number of benzene rings is 2. The minimum absolute atomic E-state index is 0.505. The molecule has 0 bridgehead atoms. The van der Waals surface area contributed by atoms with Crippen LogP contribution in [-0.2, 0) is 20.2 Å². The van der Waals surface area contributed by atoms with E-state index in [0.717, 1.165) is 16.9 Å². The highest BCUT2D eigenvalue weighted by atomic mass is 16.5. The third-order valence-corrected chi connectivity index (χ3v) is 3.94. The molecule has 1 aromatic heterocycles. The Labute approximate surface area is 146 Å². The van der Waals surface area contributed by atoms with E-state index in [0.29, 0.717) is 24.8 Å². The van der Waals surface area contributed by atoms with Gasteiger partial charge >= 0.3 is 0 Å². The van der Waals surface area contributed by atoms with Crippen molar-refractivity contribution in [2.75, 3.05) is 12.4 Å². The number of hydrogen-bond acceptors (Lipinski definition) is 6. The lowest BCUT2D eigenvalue weighted by Crippen LogP contribution is -2.06. The van der Waals surface area contributed by atoms with E-state index in [-0.39, 0.29) is 0 Å². The number of ether oxygens (including phenoxy) is 2. The molecule has 0 atom stereocenters. The average Bonchev–Trinajstić information content (AvgIpc) is 3.04. The van der Waals surface area contributed by atoms with Crippen molar-refractivity contribution in [2.24, 2.45) is 7.05 Å². The van der Waals surface area contributed by atoms with Gasteiger partial charge in [-0.25, -0.2) is 4.68 Å². The Bertz CT molecular complexity index is 847. The quantitative estimate of drug-likeness (QED) is 0.713. The maximum Gasteiger partial charge on any atom is 0.242 e. The Balaban J connectivity index is 1.67. The van der Waals surface area contributed by atoms with Crippen LogP contribution in [0.25, 0.3) is 0 Å². The lowest BCUT2D eigenvalue weighted by Gasteiger charge is -2.13. The van der Waals surface area contributed by atoms with E-state index in [1.807, 2.05) is 30.3 Å². The Morgan fingerprint density at radius 2 is 1.96 bits per heavy atom. The van der Waals surface area contributed by atoms with Crippen molar-refractivity contribution in [3.63, 3.8) is 0 Å². The number of aromatic nitrogens is 4. The SMILES string of the molecule is COc1cc(CNc2nnnn2C)ccc1OCc1ccccc1C. The van der Waals surface area contributed by atoms with Crippen LogP contribution in [0.15, 0.2) is 42.5 Å². The number of hydrogen-bond donors (Lipinski definition) is 1. The minimum Gasteiger partial charge on any atom is -0.493 e. The molecule has 2 aromatic carbocycles. The zero-order chi connectivity index (χ0) is 17.6. The van der Waals surface area contributed by atoms with E-state index >= 15 is 0 Å². The molecule has 130 valence electrons. The van der Waals surface area contributed by atoms with Gasteiger partial charge in [0.2, 0.25) is 5.95 Å². The van der Waals surface area contributed by atoms with Crippen LogP contribution in [0.3, 0.4) is 0 Å². The first-order valence-electron chi connectivity index (χ1n) is 7.98. The standard InChI is InChI=1S/C18H21N5O2/c1-13-6-4-5-7-15(13)12-25-16-9-8-14(10-17(16)24-3)11-19-18-20-21-22-23(18)2/h4-10H,11-12H2,1-3H3,(H,19,20,22). The lowest BCUT2D eigenvalue weighted by molar-refractivity contribution is 0.283. The fraction of sp³-hybridized carbons (Fsp3) is 0.278. The van der Waals surface area contributed by atoms with Gasteiger partial charge < -0.3 is 14.8 Å². The summed E-state index contributed by atoms with van der Waals surface area (Å²) < 4.78 is 13.0. The van der Waals surface area contributed by atoms with Gasteiger partial charge in [0.1, 0.15) is 6.61 Å². The van der Waals surface area contributed by atoms with Gasteiger partial charge in [-0.2, -0.15) is 0 Å². The first kappa shape index (κ1) is 16.8. The Morgan fingerprint density at radius 1 is 1.12 bits per heavy atom. The summed E-state index contributed by atoms with van der Waals surface area (Å²) in [5, 5.41) is 14.5. The van der Waals surface area contributed by atoms with E-state index in [1.165, 1.54) is 5.56 Å². The van der Waals surface area contributed by atoms with Crippen molar-refractivity contribution >= 4 is 5.95 Å². The first-order chi connectivity index (χ1) is 12.2. The molecule has 7 nitrogen and oxygen atoms in total. The summed E-state index contributed by atoms with van der Waals surface area (Å²) in [4.78, 5) is 0. The fourth-order valence-electron chi connectivity index (χ4n) is 2.43. The summed E-state index contributed by atoms with van der Waals surface area (Å²) in [5.74, 6) is 2.03. The number of tetrazole rings is 1. The molecule has 0 aliphatic carbocycles. The fourth-order valence-corrected chi connectivity index (χ4v) is 2.43. The van der Waals surface area contributed by atoms with Gasteiger partial charge in [-0.3, -0.25) is 0 Å². The molecule has 0 fully saturated rings. The maximum absolute atomic E-state index is 5.94. The van der Waals surface area contributed by atoms with E-state index in [9.17, 15) is 0 Å². The van der Waals surface area contributed by atoms with Gasteiger partial charge in [0, 0.05) is 13.6 Å². The highest BCUT2D eigenvalue weighted by Gasteiger charge is 2.08. The number of anilines is 1. The summed E-state index contributed by atoms with van der Waals surface area (Å²) in [7, 11) is 3.42. The summed E-state index contributed by atoms with van der Waals surface area (Å²) in [5.41, 5.74) is 3.41. The van der Waals surface area contributed by atoms with E-state index in [4.69, 9.17) is 9.47 Å². The van der Waals surface area contributed by atoms with Gasteiger partial charge in [0.05, 0.1) is 7.11 Å². The third-order valence-electron chi connectivity index (χ3n) is 3.94. The molecule has 1 N–H and O–H groups in total. The Kier molecular flexibility index (Phi) is 5.13. The molecular formula is C18H21N5O2. The van der Waals surface area contributed by atoms with E-state index < -0.39 is 0 Å². The predicted molar refractivity (Wildman–Crippen MR) is 94.6 cm³/mol. The molecule has 0 saturated heterocycles. The molecule has 0 radical (unpaired) electrons. The zero-order valence-electron chi connectivity index (χ0n) is 14.6. The van der Waals surface area contributed by atoms with Gasteiger partial charge in [0.15, 0.2) is 11.5 Å². The van der Waals surface area contributed by atoms with Crippen LogP contribution >= 0.6 is 0 Å². The molecule has 7 heteroatoms. The van der Waals surface area contributed by atoms with Crippen LogP contribution in [0.4, 0.5) is 5.95 Å². The number of methoxy groups -OCH3 is 1. The minimum atomic E-state index is 0.505. The molecule has 3 rings (SSSR count). The van der Waals surface area contributed by atoms with Crippen molar-refractivity contribution in [3.05, 3.63) is 59.2 Å². The molecule has 0 spiro atoms. The number of nitrogens with zero attached hydrogens (tertiary/aromatic N) is 4. The van der Waals surface area contributed by atoms with Crippen LogP contribution in [0.2, 0.25) is 0 Å². The average molecular weight is 339 g/mol. The molecule has 0 unspecified atom stereocenters. The second-order valence-corrected chi connectivity index (χ2v) is 5.68. The van der Waals surface area contributed by atoms with Crippen LogP contribution in [0, 0.1) is 6.92 Å². The molecule has 1 heterocycles. The topological polar surface area (TPSA) is 74.1 Å². The highest BCUT2D eigenvalue weighted by Crippen LogP contribution is 2.29. The Hall–Kier alpha value is -3.09. The largest absolute Gasteiger partial charge is 0.493 e. The molecule has 0 aliphatic rings. The number of aryl methyl sites for hydroxylation is 2. The molecule has 0 amide bonds. The first-order valence-corrected chi connectivity index (χ1v) is 7.98. The van der Waals surface area contributed by atoms with Gasteiger partial charge in [0.25, 0.3) is 0 Å².